The summed E-state index contributed by atoms with van der Waals surface area (Å²) in [5, 5.41) is 0. The first-order chi connectivity index (χ1) is 7.74. The predicted octanol–water partition coefficient (Wildman–Crippen LogP) is 3.04. The maximum atomic E-state index is 5.53. The molecular weight excluding hydrogens is 200 g/mol. The van der Waals surface area contributed by atoms with E-state index in [-0.39, 0.29) is 0 Å². The lowest BCUT2D eigenvalue weighted by molar-refractivity contribution is 0.231. The fourth-order valence-corrected chi connectivity index (χ4v) is 1.48. The van der Waals surface area contributed by atoms with Gasteiger partial charge in [0.05, 0.1) is 0 Å². The third-order valence-electron chi connectivity index (χ3n) is 2.28. The molecule has 0 aromatic carbocycles. The van der Waals surface area contributed by atoms with E-state index >= 15 is 0 Å². The first-order valence-corrected chi connectivity index (χ1v) is 5.05. The smallest absolute Gasteiger partial charge is 0.120 e. The zero-order chi connectivity index (χ0) is 12.0. The Bertz CT molecular complexity index is 412. The summed E-state index contributed by atoms with van der Waals surface area (Å²) in [5.74, 6) is 0.790. The second-order valence-electron chi connectivity index (χ2n) is 3.25. The van der Waals surface area contributed by atoms with Gasteiger partial charge in [0.15, 0.2) is 0 Å². The molecule has 0 N–H and O–H groups in total. The molecule has 0 aromatic heterocycles. The summed E-state index contributed by atoms with van der Waals surface area (Å²) in [6, 6.07) is 0. The highest BCUT2D eigenvalue weighted by Crippen LogP contribution is 2.29. The van der Waals surface area contributed by atoms with E-state index in [0.29, 0.717) is 6.61 Å². The fraction of sp³-hybridized carbons (Fsp3) is 0.231. The maximum absolute atomic E-state index is 5.53. The lowest BCUT2D eigenvalue weighted by Crippen LogP contribution is -2.10. The molecule has 0 unspecified atom stereocenters. The third-order valence-corrected chi connectivity index (χ3v) is 2.28. The lowest BCUT2D eigenvalue weighted by atomic mass is 10.00. The first kappa shape index (κ1) is 12.2. The van der Waals surface area contributed by atoms with E-state index in [1.807, 2.05) is 26.0 Å². The van der Waals surface area contributed by atoms with Gasteiger partial charge in [0.2, 0.25) is 0 Å². The zero-order valence-electron chi connectivity index (χ0n) is 9.73. The Labute approximate surface area is 96.3 Å². The Morgan fingerprint density at radius 2 is 2.19 bits per heavy atom. The normalized spacial score (nSPS) is 21.6. The number of nitrogens with zero attached hydrogens (tertiary/aromatic N) is 2. The van der Waals surface area contributed by atoms with Crippen molar-refractivity contribution < 1.29 is 4.74 Å². The Kier molecular flexibility index (Phi) is 4.45. The van der Waals surface area contributed by atoms with Gasteiger partial charge in [0.25, 0.3) is 0 Å². The zero-order valence-corrected chi connectivity index (χ0v) is 9.73. The first-order valence-electron chi connectivity index (χ1n) is 5.05. The van der Waals surface area contributed by atoms with E-state index < -0.39 is 0 Å². The minimum atomic E-state index is 0.572. The third kappa shape index (κ3) is 2.57. The van der Waals surface area contributed by atoms with Crippen molar-refractivity contribution in [2.45, 2.75) is 13.8 Å². The molecule has 3 heteroatoms. The van der Waals surface area contributed by atoms with Crippen LogP contribution in [0.4, 0.5) is 0 Å². The summed E-state index contributed by atoms with van der Waals surface area (Å²) < 4.78 is 5.53. The van der Waals surface area contributed by atoms with E-state index in [1.165, 1.54) is 6.34 Å². The second-order valence-corrected chi connectivity index (χ2v) is 3.25. The van der Waals surface area contributed by atoms with Crippen LogP contribution in [0, 0.1) is 0 Å². The van der Waals surface area contributed by atoms with Crippen LogP contribution in [0.3, 0.4) is 0 Å². The van der Waals surface area contributed by atoms with Crippen molar-refractivity contribution in [1.29, 1.82) is 0 Å². The molecule has 1 aliphatic rings. The summed E-state index contributed by atoms with van der Waals surface area (Å²) in [4.78, 5) is 7.83. The monoisotopic (exact) mass is 216 g/mol. The average molecular weight is 216 g/mol. The summed E-state index contributed by atoms with van der Waals surface area (Å²) in [5.41, 5.74) is 2.91. The molecule has 1 aliphatic heterocycles. The molecule has 84 valence electrons. The minimum absolute atomic E-state index is 0.572. The van der Waals surface area contributed by atoms with Crippen molar-refractivity contribution >= 4 is 13.1 Å². The van der Waals surface area contributed by atoms with E-state index in [0.717, 1.165) is 22.6 Å². The Morgan fingerprint density at radius 1 is 1.44 bits per heavy atom. The molecule has 0 amide bonds. The van der Waals surface area contributed by atoms with Gasteiger partial charge in [-0.3, -0.25) is 4.99 Å². The molecule has 0 bridgehead atoms. The number of rotatable bonds is 3. The van der Waals surface area contributed by atoms with Gasteiger partial charge < -0.3 is 4.74 Å². The molecule has 0 fully saturated rings. The van der Waals surface area contributed by atoms with E-state index in [4.69, 9.17) is 4.74 Å². The van der Waals surface area contributed by atoms with Crippen LogP contribution in [0.2, 0.25) is 0 Å². The van der Waals surface area contributed by atoms with Gasteiger partial charge in [-0.15, -0.1) is 0 Å². The van der Waals surface area contributed by atoms with Gasteiger partial charge in [0.1, 0.15) is 24.4 Å². The van der Waals surface area contributed by atoms with Crippen LogP contribution in [0.15, 0.2) is 57.4 Å². The largest absolute Gasteiger partial charge is 0.491 e. The fourth-order valence-electron chi connectivity index (χ4n) is 1.48. The molecule has 0 atom stereocenters. The molecule has 1 heterocycles. The number of hydrogen-bond donors (Lipinski definition) is 0. The maximum Gasteiger partial charge on any atom is 0.120 e. The summed E-state index contributed by atoms with van der Waals surface area (Å²) in [6.45, 7) is 11.5. The van der Waals surface area contributed by atoms with Gasteiger partial charge >= 0.3 is 0 Å². The summed E-state index contributed by atoms with van der Waals surface area (Å²) in [7, 11) is 0. The van der Waals surface area contributed by atoms with Gasteiger partial charge in [-0.05, 0) is 26.1 Å². The molecule has 0 saturated carbocycles. The molecule has 0 aliphatic carbocycles. The van der Waals surface area contributed by atoms with Crippen LogP contribution in [0.5, 0.6) is 0 Å². The molecule has 16 heavy (non-hydrogen) atoms. The standard InChI is InChI=1S/C13H16N2O/c1-5-7-12-11(6-2)8-16-10(3)13(12)15-9-14-4/h5-7,9H,1,4,8H2,2-3H3/b11-6-,12-7+,15-9?. The van der Waals surface area contributed by atoms with Crippen LogP contribution in [0.25, 0.3) is 0 Å². The topological polar surface area (TPSA) is 34.0 Å². The average Bonchev–Trinajstić information content (AvgIpc) is 2.29. The van der Waals surface area contributed by atoms with Crippen molar-refractivity contribution in [3.05, 3.63) is 47.4 Å². The van der Waals surface area contributed by atoms with Crippen molar-refractivity contribution in [2.24, 2.45) is 9.98 Å². The highest BCUT2D eigenvalue weighted by atomic mass is 16.5. The van der Waals surface area contributed by atoms with E-state index in [1.54, 1.807) is 6.08 Å². The Morgan fingerprint density at radius 3 is 2.75 bits per heavy atom. The number of hydrogen-bond acceptors (Lipinski definition) is 2. The van der Waals surface area contributed by atoms with Gasteiger partial charge in [-0.1, -0.05) is 24.8 Å². The molecule has 0 aromatic rings. The molecule has 0 saturated heterocycles. The molecular formula is C13H16N2O. The Balaban J connectivity index is 3.25. The van der Waals surface area contributed by atoms with Crippen LogP contribution in [0.1, 0.15) is 13.8 Å². The van der Waals surface area contributed by atoms with Crippen LogP contribution in [-0.2, 0) is 4.74 Å². The van der Waals surface area contributed by atoms with Crippen LogP contribution >= 0.6 is 0 Å². The van der Waals surface area contributed by atoms with Crippen molar-refractivity contribution in [3.63, 3.8) is 0 Å². The van der Waals surface area contributed by atoms with Crippen molar-refractivity contribution in [2.75, 3.05) is 6.61 Å². The van der Waals surface area contributed by atoms with Gasteiger partial charge in [-0.25, -0.2) is 4.99 Å². The lowest BCUT2D eigenvalue weighted by Gasteiger charge is -2.21. The predicted molar refractivity (Wildman–Crippen MR) is 68.7 cm³/mol. The SMILES string of the molecule is C=C/C=C1/C(N=CN=C)=C(C)OC/C1=C/C. The molecule has 3 nitrogen and oxygen atoms in total. The van der Waals surface area contributed by atoms with Crippen LogP contribution in [-0.4, -0.2) is 19.7 Å². The van der Waals surface area contributed by atoms with E-state index in [9.17, 15) is 0 Å². The number of allylic oxidation sites excluding steroid dienone is 5. The van der Waals surface area contributed by atoms with Crippen molar-refractivity contribution in [3.8, 4) is 0 Å². The molecule has 1 rings (SSSR count). The Hall–Kier alpha value is -1.90. The molecule has 0 spiro atoms. The van der Waals surface area contributed by atoms with Gasteiger partial charge in [-0.2, -0.15) is 0 Å². The highest BCUT2D eigenvalue weighted by Gasteiger charge is 2.18. The van der Waals surface area contributed by atoms with Crippen molar-refractivity contribution in [1.82, 2.24) is 0 Å². The summed E-state index contributed by atoms with van der Waals surface area (Å²) in [6.07, 6.45) is 7.10. The summed E-state index contributed by atoms with van der Waals surface area (Å²) >= 11 is 0. The second kappa shape index (κ2) is 5.85. The quantitative estimate of drug-likeness (QED) is 0.527. The molecule has 0 radical (unpaired) electrons. The minimum Gasteiger partial charge on any atom is -0.491 e. The van der Waals surface area contributed by atoms with Gasteiger partial charge in [0, 0.05) is 5.57 Å². The van der Waals surface area contributed by atoms with Crippen LogP contribution < -0.4 is 0 Å². The highest BCUT2D eigenvalue weighted by molar-refractivity contribution is 5.66. The number of ether oxygens (including phenoxy) is 1. The van der Waals surface area contributed by atoms with E-state index in [2.05, 4.69) is 23.3 Å². The number of aliphatic imine (C=N–C) groups is 2.